The van der Waals surface area contributed by atoms with Crippen molar-refractivity contribution < 1.29 is 0 Å². The maximum atomic E-state index is 5.03. The molecule has 0 amide bonds. The van der Waals surface area contributed by atoms with Gasteiger partial charge in [0.15, 0.2) is 0 Å². The third-order valence-electron chi connectivity index (χ3n) is 16.5. The first-order valence-corrected chi connectivity index (χ1v) is 28.1. The van der Waals surface area contributed by atoms with Crippen LogP contribution < -0.4 is 4.90 Å². The molecule has 0 saturated carbocycles. The minimum atomic E-state index is -0.470. The largest absolute Gasteiger partial charge is 0.309 e. The van der Waals surface area contributed by atoms with Crippen molar-refractivity contribution in [3.8, 4) is 61.3 Å². The summed E-state index contributed by atoms with van der Waals surface area (Å²) in [6, 6.07) is 102. The predicted octanol–water partition coefficient (Wildman–Crippen LogP) is 19.9. The highest BCUT2D eigenvalue weighted by Gasteiger charge is 2.46. The highest BCUT2D eigenvalue weighted by Crippen LogP contribution is 2.56. The van der Waals surface area contributed by atoms with E-state index in [1.54, 1.807) is 0 Å². The smallest absolute Gasteiger partial charge is 0.129 e. The average Bonchev–Trinajstić information content (AvgIpc) is 4.36. The number of hydrogen-bond donors (Lipinski definition) is 0. The van der Waals surface area contributed by atoms with Gasteiger partial charge < -0.3 is 9.47 Å². The molecule has 2 aromatic heterocycles. The predicted molar refractivity (Wildman–Crippen MR) is 335 cm³/mol. The Morgan fingerprint density at radius 3 is 1.43 bits per heavy atom. The van der Waals surface area contributed by atoms with E-state index in [1.165, 1.54) is 100 Å². The summed E-state index contributed by atoms with van der Waals surface area (Å²) in [6.07, 6.45) is 0. The van der Waals surface area contributed by atoms with Crippen molar-refractivity contribution in [2.45, 2.75) is 19.3 Å². The third kappa shape index (κ3) is 7.72. The zero-order chi connectivity index (χ0) is 53.3. The lowest BCUT2D eigenvalue weighted by Gasteiger charge is -2.34. The Morgan fingerprint density at radius 1 is 0.350 bits per heavy atom. The van der Waals surface area contributed by atoms with Crippen LogP contribution in [0.3, 0.4) is 0 Å². The van der Waals surface area contributed by atoms with Crippen molar-refractivity contribution in [3.63, 3.8) is 0 Å². The number of nitrogens with zero attached hydrogens (tertiary/aromatic N) is 4. The van der Waals surface area contributed by atoms with Crippen LogP contribution in [0, 0.1) is 13.8 Å². The molecule has 0 atom stereocenters. The van der Waals surface area contributed by atoms with Crippen LogP contribution in [0.1, 0.15) is 33.4 Å². The molecule has 80 heavy (non-hydrogen) atoms. The van der Waals surface area contributed by atoms with Gasteiger partial charge in [0.1, 0.15) is 11.0 Å². The van der Waals surface area contributed by atoms with Crippen LogP contribution in [-0.4, -0.2) is 13.3 Å². The van der Waals surface area contributed by atoms with E-state index >= 15 is 0 Å². The molecule has 0 unspecified atom stereocenters. The summed E-state index contributed by atoms with van der Waals surface area (Å²) in [7, 11) is 0. The summed E-state index contributed by atoms with van der Waals surface area (Å²) in [5, 5.41) is 2.45. The Labute approximate surface area is 470 Å². The molecule has 5 heteroatoms. The van der Waals surface area contributed by atoms with Gasteiger partial charge in [-0.15, -0.1) is 0 Å². The summed E-state index contributed by atoms with van der Waals surface area (Å²) < 4.78 is 12.4. The second-order valence-electron chi connectivity index (χ2n) is 21.2. The van der Waals surface area contributed by atoms with E-state index in [-0.39, 0.29) is 0 Å². The van der Waals surface area contributed by atoms with Crippen LogP contribution in [-0.2, 0) is 5.41 Å². The summed E-state index contributed by atoms with van der Waals surface area (Å²) in [5.41, 5.74) is 27.2. The third-order valence-corrected chi connectivity index (χ3v) is 17.1. The van der Waals surface area contributed by atoms with Crippen LogP contribution in [0.2, 0.25) is 0 Å². The molecular formula is C75H52N4S. The fourth-order valence-electron chi connectivity index (χ4n) is 12.7. The number of anilines is 3. The minimum absolute atomic E-state index is 0.470. The van der Waals surface area contributed by atoms with Crippen molar-refractivity contribution in [2.24, 2.45) is 0 Å². The van der Waals surface area contributed by atoms with Gasteiger partial charge in [-0.3, -0.25) is 0 Å². The Bertz CT molecular complexity index is 4490. The zero-order valence-corrected chi connectivity index (χ0v) is 45.1. The van der Waals surface area contributed by atoms with Crippen molar-refractivity contribution >= 4 is 61.6 Å². The molecule has 15 rings (SSSR count). The van der Waals surface area contributed by atoms with Gasteiger partial charge in [0.2, 0.25) is 0 Å². The Morgan fingerprint density at radius 2 is 0.825 bits per heavy atom. The van der Waals surface area contributed by atoms with E-state index < -0.39 is 5.41 Å². The number of rotatable bonds is 10. The van der Waals surface area contributed by atoms with E-state index in [9.17, 15) is 0 Å². The van der Waals surface area contributed by atoms with Crippen molar-refractivity contribution in [1.82, 2.24) is 13.3 Å². The fraction of sp³-hybridized carbons (Fsp3) is 0.0400. The van der Waals surface area contributed by atoms with E-state index in [0.717, 1.165) is 56.0 Å². The monoisotopic (exact) mass is 1040 g/mol. The lowest BCUT2D eigenvalue weighted by Crippen LogP contribution is -2.28. The van der Waals surface area contributed by atoms with Gasteiger partial charge in [-0.05, 0) is 165 Å². The second-order valence-corrected chi connectivity index (χ2v) is 21.7. The molecule has 12 aromatic carbocycles. The Hall–Kier alpha value is -9.94. The molecule has 0 aliphatic heterocycles. The lowest BCUT2D eigenvalue weighted by atomic mass is 9.67. The van der Waals surface area contributed by atoms with Gasteiger partial charge in [0.25, 0.3) is 0 Å². The normalized spacial score (nSPS) is 12.5. The molecule has 378 valence electrons. The van der Waals surface area contributed by atoms with Crippen LogP contribution in [0.5, 0.6) is 0 Å². The zero-order valence-electron chi connectivity index (χ0n) is 44.3. The minimum Gasteiger partial charge on any atom is -0.309 e. The lowest BCUT2D eigenvalue weighted by molar-refractivity contribution is 0.769. The molecular weight excluding hydrogens is 989 g/mol. The van der Waals surface area contributed by atoms with Gasteiger partial charge in [0, 0.05) is 33.4 Å². The van der Waals surface area contributed by atoms with E-state index in [4.69, 9.17) is 8.75 Å². The Balaban J connectivity index is 0.787. The standard InChI is InChI=1S/C75H52N4S/c1-49-24-28-51(29-25-49)56-36-43-70-66(47-56)67-48-57(52-30-26-50(2)27-31-52)37-44-71(67)79(70)62-40-34-54(35-41-62)63-42-45-72(74-73(63)76-80-77-74)78(60-18-7-4-8-19-60)61-38-32-53(33-39-61)55-14-13-17-59(46-55)75(58-15-5-3-6-16-58)68-22-11-9-20-64(68)65-21-10-12-23-69(65)75/h3-48H,1-2H3. The van der Waals surface area contributed by atoms with Crippen LogP contribution in [0.15, 0.2) is 279 Å². The molecule has 0 radical (unpaired) electrons. The second kappa shape index (κ2) is 19.2. The molecule has 0 spiro atoms. The number of fused-ring (bicyclic) bond motifs is 7. The number of aryl methyl sites for hydroxylation is 2. The van der Waals surface area contributed by atoms with Gasteiger partial charge in [-0.2, -0.15) is 8.75 Å². The molecule has 14 aromatic rings. The summed E-state index contributed by atoms with van der Waals surface area (Å²) in [4.78, 5) is 2.31. The van der Waals surface area contributed by atoms with Gasteiger partial charge in [-0.25, -0.2) is 0 Å². The quantitative estimate of drug-likeness (QED) is 0.137. The maximum Gasteiger partial charge on any atom is 0.129 e. The molecule has 1 aliphatic carbocycles. The van der Waals surface area contributed by atoms with E-state index in [1.807, 2.05) is 0 Å². The Kier molecular flexibility index (Phi) is 11.4. The number of aromatic nitrogens is 3. The number of benzene rings is 12. The topological polar surface area (TPSA) is 34.0 Å². The van der Waals surface area contributed by atoms with Crippen LogP contribution >= 0.6 is 11.7 Å². The highest BCUT2D eigenvalue weighted by atomic mass is 32.1. The first-order chi connectivity index (χ1) is 39.5. The van der Waals surface area contributed by atoms with Crippen LogP contribution in [0.25, 0.3) is 94.2 Å². The molecule has 0 bridgehead atoms. The first-order valence-electron chi connectivity index (χ1n) is 27.4. The SMILES string of the molecule is Cc1ccc(-c2ccc3c(c2)c2cc(-c4ccc(C)cc4)ccc2n3-c2ccc(-c3ccc(N(c4ccccc4)c4ccc(-c5cccc(C6(c7ccccc7)c7ccccc7-c7ccccc76)c5)cc4)c4nsnc34)cc2)cc1. The van der Waals surface area contributed by atoms with E-state index in [2.05, 4.69) is 302 Å². The molecule has 0 fully saturated rings. The summed E-state index contributed by atoms with van der Waals surface area (Å²) in [5.74, 6) is 0. The van der Waals surface area contributed by atoms with Crippen LogP contribution in [0.4, 0.5) is 17.1 Å². The summed E-state index contributed by atoms with van der Waals surface area (Å²) in [6.45, 7) is 4.28. The van der Waals surface area contributed by atoms with Crippen molar-refractivity contribution in [2.75, 3.05) is 4.90 Å². The fourth-order valence-corrected chi connectivity index (χ4v) is 13.2. The molecule has 0 saturated heterocycles. The van der Waals surface area contributed by atoms with Gasteiger partial charge in [0.05, 0.1) is 33.9 Å². The number of para-hydroxylation sites is 1. The molecule has 0 N–H and O–H groups in total. The van der Waals surface area contributed by atoms with Gasteiger partial charge in [-0.1, -0.05) is 211 Å². The maximum absolute atomic E-state index is 5.03. The number of hydrogen-bond acceptors (Lipinski definition) is 4. The molecule has 1 aliphatic rings. The molecule has 4 nitrogen and oxygen atoms in total. The van der Waals surface area contributed by atoms with Gasteiger partial charge >= 0.3 is 0 Å². The molecule has 2 heterocycles. The van der Waals surface area contributed by atoms with E-state index in [0.29, 0.717) is 0 Å². The summed E-state index contributed by atoms with van der Waals surface area (Å²) >= 11 is 1.26. The van der Waals surface area contributed by atoms with Crippen molar-refractivity contribution in [1.29, 1.82) is 0 Å². The first kappa shape index (κ1) is 47.3. The average molecular weight is 1040 g/mol. The van der Waals surface area contributed by atoms with Crippen molar-refractivity contribution in [3.05, 3.63) is 312 Å². The highest BCUT2D eigenvalue weighted by molar-refractivity contribution is 7.00.